The average Bonchev–Trinajstić information content (AvgIpc) is 2.55. The van der Waals surface area contributed by atoms with Crippen LogP contribution < -0.4 is 0 Å². The second kappa shape index (κ2) is 7.31. The van der Waals surface area contributed by atoms with E-state index in [0.717, 1.165) is 5.56 Å². The summed E-state index contributed by atoms with van der Waals surface area (Å²) in [6.45, 7) is 2.04. The summed E-state index contributed by atoms with van der Waals surface area (Å²) in [4.78, 5) is 33.1. The van der Waals surface area contributed by atoms with Crippen LogP contribution in [0.4, 0.5) is 0 Å². The fourth-order valence-corrected chi connectivity index (χ4v) is 2.01. The number of pyridine rings is 2. The van der Waals surface area contributed by atoms with Gasteiger partial charge in [0.25, 0.3) is 5.91 Å². The number of hydrogen-bond donors (Lipinski definition) is 1. The minimum absolute atomic E-state index is 0.130. The molecule has 2 aromatic rings. The Kier molecular flexibility index (Phi) is 5.19. The van der Waals surface area contributed by atoms with Crippen molar-refractivity contribution in [3.63, 3.8) is 0 Å². The molecule has 0 spiro atoms. The van der Waals surface area contributed by atoms with Crippen molar-refractivity contribution in [1.82, 2.24) is 14.9 Å². The molecule has 0 saturated heterocycles. The smallest absolute Gasteiger partial charge is 0.308 e. The van der Waals surface area contributed by atoms with Crippen LogP contribution in [-0.4, -0.2) is 38.4 Å². The Bertz CT molecular complexity index is 632. The highest BCUT2D eigenvalue weighted by atomic mass is 16.4. The monoisotopic (exact) mass is 299 g/mol. The van der Waals surface area contributed by atoms with Crippen LogP contribution in [-0.2, 0) is 11.3 Å². The van der Waals surface area contributed by atoms with Gasteiger partial charge in [0, 0.05) is 37.9 Å². The van der Waals surface area contributed by atoms with E-state index in [9.17, 15) is 9.59 Å². The standard InChI is InChI=1S/C16H17N3O3/c1-12(16(21)22)10-19(11-13-4-7-17-8-5-13)15(20)14-3-2-6-18-9-14/h2-9,12H,10-11H2,1H3,(H,21,22). The van der Waals surface area contributed by atoms with Gasteiger partial charge >= 0.3 is 5.97 Å². The summed E-state index contributed by atoms with van der Waals surface area (Å²) < 4.78 is 0. The maximum atomic E-state index is 12.6. The van der Waals surface area contributed by atoms with Crippen molar-refractivity contribution in [2.45, 2.75) is 13.5 Å². The third-order valence-corrected chi connectivity index (χ3v) is 3.23. The molecular weight excluding hydrogens is 282 g/mol. The van der Waals surface area contributed by atoms with Crippen LogP contribution in [0, 0.1) is 5.92 Å². The van der Waals surface area contributed by atoms with Gasteiger partial charge in [-0.05, 0) is 29.8 Å². The Morgan fingerprint density at radius 2 is 1.91 bits per heavy atom. The maximum absolute atomic E-state index is 12.6. The van der Waals surface area contributed by atoms with E-state index < -0.39 is 11.9 Å². The molecule has 1 atom stereocenters. The van der Waals surface area contributed by atoms with E-state index in [4.69, 9.17) is 5.11 Å². The number of aliphatic carboxylic acids is 1. The molecular formula is C16H17N3O3. The zero-order valence-electron chi connectivity index (χ0n) is 12.2. The summed E-state index contributed by atoms with van der Waals surface area (Å²) in [6.07, 6.45) is 6.35. The topological polar surface area (TPSA) is 83.4 Å². The number of nitrogens with zero attached hydrogens (tertiary/aromatic N) is 3. The normalized spacial score (nSPS) is 11.7. The average molecular weight is 299 g/mol. The molecule has 0 fully saturated rings. The zero-order chi connectivity index (χ0) is 15.9. The Morgan fingerprint density at radius 3 is 2.50 bits per heavy atom. The highest BCUT2D eigenvalue weighted by molar-refractivity contribution is 5.94. The van der Waals surface area contributed by atoms with Gasteiger partial charge < -0.3 is 10.0 Å². The second-order valence-electron chi connectivity index (χ2n) is 5.02. The largest absolute Gasteiger partial charge is 0.481 e. The van der Waals surface area contributed by atoms with Gasteiger partial charge in [-0.15, -0.1) is 0 Å². The van der Waals surface area contributed by atoms with E-state index in [1.165, 1.54) is 11.1 Å². The molecule has 0 bridgehead atoms. The van der Waals surface area contributed by atoms with Gasteiger partial charge in [0.2, 0.25) is 0 Å². The third-order valence-electron chi connectivity index (χ3n) is 3.23. The van der Waals surface area contributed by atoms with Crippen LogP contribution in [0.15, 0.2) is 49.1 Å². The van der Waals surface area contributed by atoms with Crippen molar-refractivity contribution < 1.29 is 14.7 Å². The highest BCUT2D eigenvalue weighted by Gasteiger charge is 2.22. The number of carboxylic acid groups (broad SMARTS) is 1. The Morgan fingerprint density at radius 1 is 1.18 bits per heavy atom. The van der Waals surface area contributed by atoms with Gasteiger partial charge in [-0.1, -0.05) is 6.92 Å². The van der Waals surface area contributed by atoms with Gasteiger partial charge in [0.15, 0.2) is 0 Å². The third kappa shape index (κ3) is 4.12. The Balaban J connectivity index is 2.21. The van der Waals surface area contributed by atoms with E-state index in [0.29, 0.717) is 12.1 Å². The van der Waals surface area contributed by atoms with E-state index in [-0.39, 0.29) is 12.5 Å². The zero-order valence-corrected chi connectivity index (χ0v) is 12.2. The number of carbonyl (C=O) groups excluding carboxylic acids is 1. The number of rotatable bonds is 6. The van der Waals surface area contributed by atoms with E-state index in [2.05, 4.69) is 9.97 Å². The molecule has 6 nitrogen and oxygen atoms in total. The lowest BCUT2D eigenvalue weighted by atomic mass is 10.1. The first kappa shape index (κ1) is 15.6. The number of hydrogen-bond acceptors (Lipinski definition) is 4. The molecule has 1 N–H and O–H groups in total. The quantitative estimate of drug-likeness (QED) is 0.880. The van der Waals surface area contributed by atoms with Crippen molar-refractivity contribution in [3.8, 4) is 0 Å². The number of amides is 1. The highest BCUT2D eigenvalue weighted by Crippen LogP contribution is 2.12. The van der Waals surface area contributed by atoms with Crippen molar-refractivity contribution >= 4 is 11.9 Å². The van der Waals surface area contributed by atoms with E-state index >= 15 is 0 Å². The van der Waals surface area contributed by atoms with Crippen LogP contribution >= 0.6 is 0 Å². The van der Waals surface area contributed by atoms with Crippen LogP contribution in [0.25, 0.3) is 0 Å². The summed E-state index contributed by atoms with van der Waals surface area (Å²) in [5.74, 6) is -1.82. The molecule has 1 amide bonds. The molecule has 0 aliphatic carbocycles. The SMILES string of the molecule is CC(CN(Cc1ccncc1)C(=O)c1cccnc1)C(=O)O. The molecule has 0 radical (unpaired) electrons. The molecule has 2 heterocycles. The minimum atomic E-state index is -0.932. The van der Waals surface area contributed by atoms with Gasteiger partial charge in [0.05, 0.1) is 11.5 Å². The predicted octanol–water partition coefficient (Wildman–Crippen LogP) is 1.84. The summed E-state index contributed by atoms with van der Waals surface area (Å²) in [7, 11) is 0. The summed E-state index contributed by atoms with van der Waals surface area (Å²) >= 11 is 0. The van der Waals surface area contributed by atoms with Crippen molar-refractivity contribution in [3.05, 3.63) is 60.2 Å². The van der Waals surface area contributed by atoms with Crippen LogP contribution in [0.3, 0.4) is 0 Å². The van der Waals surface area contributed by atoms with Crippen molar-refractivity contribution in [1.29, 1.82) is 0 Å². The van der Waals surface area contributed by atoms with Crippen molar-refractivity contribution in [2.75, 3.05) is 6.54 Å². The molecule has 0 aromatic carbocycles. The van der Waals surface area contributed by atoms with Crippen LogP contribution in [0.2, 0.25) is 0 Å². The van der Waals surface area contributed by atoms with E-state index in [1.54, 1.807) is 49.8 Å². The molecule has 0 aliphatic heterocycles. The summed E-state index contributed by atoms with van der Waals surface area (Å²) in [5, 5.41) is 9.09. The van der Waals surface area contributed by atoms with Crippen LogP contribution in [0.1, 0.15) is 22.8 Å². The molecule has 114 valence electrons. The lowest BCUT2D eigenvalue weighted by Gasteiger charge is -2.24. The Labute approximate surface area is 128 Å². The summed E-state index contributed by atoms with van der Waals surface area (Å²) in [6, 6.07) is 6.95. The fraction of sp³-hybridized carbons (Fsp3) is 0.250. The first-order chi connectivity index (χ1) is 10.6. The fourth-order valence-electron chi connectivity index (χ4n) is 2.01. The van der Waals surface area contributed by atoms with Gasteiger partial charge in [-0.25, -0.2) is 0 Å². The summed E-state index contributed by atoms with van der Waals surface area (Å²) in [5.41, 5.74) is 1.33. The molecule has 6 heteroatoms. The molecule has 0 saturated carbocycles. The maximum Gasteiger partial charge on any atom is 0.308 e. The van der Waals surface area contributed by atoms with Gasteiger partial charge in [-0.2, -0.15) is 0 Å². The number of aromatic nitrogens is 2. The molecule has 0 aliphatic rings. The molecule has 22 heavy (non-hydrogen) atoms. The van der Waals surface area contributed by atoms with Gasteiger partial charge in [-0.3, -0.25) is 19.6 Å². The van der Waals surface area contributed by atoms with Crippen molar-refractivity contribution in [2.24, 2.45) is 5.92 Å². The second-order valence-corrected chi connectivity index (χ2v) is 5.02. The first-order valence-corrected chi connectivity index (χ1v) is 6.89. The number of carboxylic acids is 1. The lowest BCUT2D eigenvalue weighted by Crippen LogP contribution is -2.36. The molecule has 2 aromatic heterocycles. The molecule has 2 rings (SSSR count). The van der Waals surface area contributed by atoms with Gasteiger partial charge in [0.1, 0.15) is 0 Å². The van der Waals surface area contributed by atoms with E-state index in [1.807, 2.05) is 0 Å². The minimum Gasteiger partial charge on any atom is -0.481 e. The number of carbonyl (C=O) groups is 2. The van der Waals surface area contributed by atoms with Crippen LogP contribution in [0.5, 0.6) is 0 Å². The first-order valence-electron chi connectivity index (χ1n) is 6.89. The lowest BCUT2D eigenvalue weighted by molar-refractivity contribution is -0.141. The molecule has 1 unspecified atom stereocenters. The predicted molar refractivity (Wildman–Crippen MR) is 80.0 cm³/mol. The Hall–Kier alpha value is -2.76.